The Morgan fingerprint density at radius 2 is 1.70 bits per heavy atom. The highest BCUT2D eigenvalue weighted by atomic mass is 35.5. The van der Waals surface area contributed by atoms with Gasteiger partial charge in [0.15, 0.2) is 12.2 Å². The molecule has 0 aliphatic rings. The van der Waals surface area contributed by atoms with Crippen molar-refractivity contribution in [1.82, 2.24) is 4.98 Å². The predicted octanol–water partition coefficient (Wildman–Crippen LogP) is 7.13. The number of hydrogen-bond donors (Lipinski definition) is 1. The molecule has 0 bridgehead atoms. The van der Waals surface area contributed by atoms with Crippen LogP contribution in [0.5, 0.6) is 5.75 Å². The molecule has 0 atom stereocenters. The van der Waals surface area contributed by atoms with Gasteiger partial charge in [-0.1, -0.05) is 58.5 Å². The van der Waals surface area contributed by atoms with E-state index >= 15 is 0 Å². The number of anilines is 1. The molecule has 0 aliphatic carbocycles. The largest absolute Gasteiger partial charge is 0.482 e. The molecule has 3 aromatic carbocycles. The van der Waals surface area contributed by atoms with Crippen molar-refractivity contribution in [2.75, 3.05) is 11.9 Å². The summed E-state index contributed by atoms with van der Waals surface area (Å²) in [6.07, 6.45) is 0. The molecule has 0 spiro atoms. The zero-order chi connectivity index (χ0) is 21.3. The Labute approximate surface area is 191 Å². The number of nitrogens with one attached hydrogen (secondary N) is 1. The number of nitrogens with zero attached hydrogens (tertiary/aromatic N) is 1. The summed E-state index contributed by atoms with van der Waals surface area (Å²) in [5, 5.41) is 4.00. The zero-order valence-electron chi connectivity index (χ0n) is 15.1. The summed E-state index contributed by atoms with van der Waals surface area (Å²) >= 11 is 24.2. The Balaban J connectivity index is 1.49. The third-order valence-corrected chi connectivity index (χ3v) is 5.46. The number of oxazole rings is 1. The van der Waals surface area contributed by atoms with E-state index < -0.39 is 5.91 Å². The summed E-state index contributed by atoms with van der Waals surface area (Å²) in [5.41, 5.74) is 2.42. The summed E-state index contributed by atoms with van der Waals surface area (Å²) in [4.78, 5) is 16.8. The second-order valence-corrected chi connectivity index (χ2v) is 7.84. The SMILES string of the molecule is O=C(COc1cc(Cl)c(Cl)cc1Cl)Nc1ccc(Cl)c(-c2nc3ccccc3o2)c1. The van der Waals surface area contributed by atoms with Gasteiger partial charge >= 0.3 is 0 Å². The van der Waals surface area contributed by atoms with Gasteiger partial charge in [-0.25, -0.2) is 4.98 Å². The van der Waals surface area contributed by atoms with Crippen molar-refractivity contribution in [3.8, 4) is 17.2 Å². The molecule has 1 amide bonds. The van der Waals surface area contributed by atoms with Gasteiger partial charge in [0.2, 0.25) is 5.89 Å². The van der Waals surface area contributed by atoms with Gasteiger partial charge in [0, 0.05) is 11.8 Å². The van der Waals surface area contributed by atoms with Crippen molar-refractivity contribution in [3.63, 3.8) is 0 Å². The highest BCUT2D eigenvalue weighted by Crippen LogP contribution is 2.34. The summed E-state index contributed by atoms with van der Waals surface area (Å²) in [6, 6.07) is 15.3. The van der Waals surface area contributed by atoms with Crippen LogP contribution in [0.15, 0.2) is 59.0 Å². The van der Waals surface area contributed by atoms with Crippen LogP contribution in [-0.2, 0) is 4.79 Å². The van der Waals surface area contributed by atoms with Gasteiger partial charge in [-0.3, -0.25) is 4.79 Å². The molecule has 152 valence electrons. The van der Waals surface area contributed by atoms with Crippen molar-refractivity contribution in [2.45, 2.75) is 0 Å². The average molecular weight is 482 g/mol. The minimum absolute atomic E-state index is 0.252. The van der Waals surface area contributed by atoms with Crippen LogP contribution in [0.3, 0.4) is 0 Å². The standard InChI is InChI=1S/C21H12Cl4N2O3/c22-13-6-5-11(7-12(13)21-27-17-3-1-2-4-18(17)30-21)26-20(28)10-29-19-9-15(24)14(23)8-16(19)25/h1-9H,10H2,(H,26,28). The van der Waals surface area contributed by atoms with Crippen LogP contribution in [0.1, 0.15) is 0 Å². The molecule has 9 heteroatoms. The highest BCUT2D eigenvalue weighted by Gasteiger charge is 2.14. The van der Waals surface area contributed by atoms with Crippen LogP contribution in [0.2, 0.25) is 20.1 Å². The molecule has 0 saturated carbocycles. The molecule has 0 unspecified atom stereocenters. The molecule has 0 radical (unpaired) electrons. The van der Waals surface area contributed by atoms with E-state index in [0.717, 1.165) is 0 Å². The van der Waals surface area contributed by atoms with Crippen molar-refractivity contribution >= 4 is 69.1 Å². The van der Waals surface area contributed by atoms with E-state index in [0.29, 0.717) is 38.3 Å². The van der Waals surface area contributed by atoms with Gasteiger partial charge in [-0.15, -0.1) is 0 Å². The highest BCUT2D eigenvalue weighted by molar-refractivity contribution is 6.43. The quantitative estimate of drug-likeness (QED) is 0.308. The molecule has 1 aromatic heterocycles. The number of carbonyl (C=O) groups excluding carboxylic acids is 1. The maximum Gasteiger partial charge on any atom is 0.262 e. The minimum atomic E-state index is -0.400. The van der Waals surface area contributed by atoms with Gasteiger partial charge in [-0.2, -0.15) is 0 Å². The molecular formula is C21H12Cl4N2O3. The Kier molecular flexibility index (Phi) is 6.06. The summed E-state index contributed by atoms with van der Waals surface area (Å²) in [7, 11) is 0. The van der Waals surface area contributed by atoms with Gasteiger partial charge < -0.3 is 14.5 Å². The second kappa shape index (κ2) is 8.74. The number of aromatic nitrogens is 1. The van der Waals surface area contributed by atoms with Crippen molar-refractivity contribution in [2.24, 2.45) is 0 Å². The molecule has 1 heterocycles. The molecule has 4 rings (SSSR count). The van der Waals surface area contributed by atoms with Crippen molar-refractivity contribution < 1.29 is 13.9 Å². The Hall–Kier alpha value is -2.44. The number of fused-ring (bicyclic) bond motifs is 1. The minimum Gasteiger partial charge on any atom is -0.482 e. The summed E-state index contributed by atoms with van der Waals surface area (Å²) in [6.45, 7) is -0.279. The first-order chi connectivity index (χ1) is 14.4. The number of hydrogen-bond acceptors (Lipinski definition) is 4. The molecule has 0 aliphatic heterocycles. The fourth-order valence-corrected chi connectivity index (χ4v) is 3.50. The number of halogens is 4. The predicted molar refractivity (Wildman–Crippen MR) is 120 cm³/mol. The van der Waals surface area contributed by atoms with Crippen LogP contribution in [-0.4, -0.2) is 17.5 Å². The third kappa shape index (κ3) is 4.50. The number of benzene rings is 3. The van der Waals surface area contributed by atoms with Crippen LogP contribution in [0.4, 0.5) is 5.69 Å². The number of ether oxygens (including phenoxy) is 1. The van der Waals surface area contributed by atoms with Gasteiger partial charge in [-0.05, 0) is 36.4 Å². The molecule has 4 aromatic rings. The number of amides is 1. The first-order valence-corrected chi connectivity index (χ1v) is 10.1. The lowest BCUT2D eigenvalue weighted by molar-refractivity contribution is -0.118. The van der Waals surface area contributed by atoms with Crippen LogP contribution in [0.25, 0.3) is 22.6 Å². The zero-order valence-corrected chi connectivity index (χ0v) is 18.1. The Bertz CT molecular complexity index is 1220. The lowest BCUT2D eigenvalue weighted by Crippen LogP contribution is -2.20. The monoisotopic (exact) mass is 480 g/mol. The van der Waals surface area contributed by atoms with E-state index in [2.05, 4.69) is 10.3 Å². The maximum absolute atomic E-state index is 12.3. The maximum atomic E-state index is 12.3. The Morgan fingerprint density at radius 1 is 0.933 bits per heavy atom. The number of carbonyl (C=O) groups is 1. The number of para-hydroxylation sites is 2. The average Bonchev–Trinajstić information content (AvgIpc) is 3.15. The fourth-order valence-electron chi connectivity index (χ4n) is 2.71. The van der Waals surface area contributed by atoms with E-state index in [4.69, 9.17) is 55.6 Å². The first kappa shape index (κ1) is 20.8. The van der Waals surface area contributed by atoms with E-state index in [1.807, 2.05) is 24.3 Å². The van der Waals surface area contributed by atoms with Crippen LogP contribution >= 0.6 is 46.4 Å². The lowest BCUT2D eigenvalue weighted by atomic mass is 10.2. The van der Waals surface area contributed by atoms with Crippen LogP contribution in [0, 0.1) is 0 Å². The van der Waals surface area contributed by atoms with E-state index in [1.165, 1.54) is 12.1 Å². The molecule has 0 saturated heterocycles. The topological polar surface area (TPSA) is 64.4 Å². The lowest BCUT2D eigenvalue weighted by Gasteiger charge is -2.10. The fraction of sp³-hybridized carbons (Fsp3) is 0.0476. The molecular weight excluding hydrogens is 470 g/mol. The van der Waals surface area contributed by atoms with E-state index in [9.17, 15) is 4.79 Å². The van der Waals surface area contributed by atoms with Gasteiger partial charge in [0.05, 0.1) is 25.7 Å². The molecule has 5 nitrogen and oxygen atoms in total. The van der Waals surface area contributed by atoms with Crippen molar-refractivity contribution in [3.05, 3.63) is 74.7 Å². The van der Waals surface area contributed by atoms with Crippen LogP contribution < -0.4 is 10.1 Å². The molecule has 0 fully saturated rings. The number of rotatable bonds is 5. The van der Waals surface area contributed by atoms with Gasteiger partial charge in [0.1, 0.15) is 11.3 Å². The summed E-state index contributed by atoms with van der Waals surface area (Å²) in [5.74, 6) is 0.212. The summed E-state index contributed by atoms with van der Waals surface area (Å²) < 4.78 is 11.2. The smallest absolute Gasteiger partial charge is 0.262 e. The third-order valence-electron chi connectivity index (χ3n) is 4.11. The second-order valence-electron chi connectivity index (χ2n) is 6.21. The van der Waals surface area contributed by atoms with Gasteiger partial charge in [0.25, 0.3) is 5.91 Å². The normalized spacial score (nSPS) is 10.9. The van der Waals surface area contributed by atoms with E-state index in [-0.39, 0.29) is 22.4 Å². The van der Waals surface area contributed by atoms with Crippen molar-refractivity contribution in [1.29, 1.82) is 0 Å². The molecule has 30 heavy (non-hydrogen) atoms. The molecule has 1 N–H and O–H groups in total. The first-order valence-electron chi connectivity index (χ1n) is 8.63. The Morgan fingerprint density at radius 3 is 2.50 bits per heavy atom. The van der Waals surface area contributed by atoms with E-state index in [1.54, 1.807) is 18.2 Å².